The lowest BCUT2D eigenvalue weighted by atomic mass is 10.1. The molecule has 0 aliphatic heterocycles. The fourth-order valence-corrected chi connectivity index (χ4v) is 1.62. The minimum atomic E-state index is -0.505. The van der Waals surface area contributed by atoms with Gasteiger partial charge in [0.25, 0.3) is 0 Å². The predicted molar refractivity (Wildman–Crippen MR) is 71.0 cm³/mol. The molecule has 0 bridgehead atoms. The summed E-state index contributed by atoms with van der Waals surface area (Å²) in [6, 6.07) is 8.65. The summed E-state index contributed by atoms with van der Waals surface area (Å²) < 4.78 is 0. The zero-order chi connectivity index (χ0) is 13.2. The molecule has 0 saturated carbocycles. The molecule has 0 aliphatic carbocycles. The van der Waals surface area contributed by atoms with Crippen LogP contribution in [0.3, 0.4) is 0 Å². The van der Waals surface area contributed by atoms with E-state index in [1.54, 1.807) is 12.1 Å². The maximum Gasteiger partial charge on any atom is 0.246 e. The van der Waals surface area contributed by atoms with Crippen LogP contribution in [0.1, 0.15) is 19.3 Å². The molecule has 0 saturated heterocycles. The molecule has 1 rings (SSSR count). The minimum Gasteiger partial charge on any atom is -0.347 e. The number of nitrogens with one attached hydrogen (secondary N) is 2. The summed E-state index contributed by atoms with van der Waals surface area (Å²) in [6.07, 6.45) is 2.80. The lowest BCUT2D eigenvalue weighted by molar-refractivity contribution is -0.121. The third kappa shape index (κ3) is 4.97. The number of hydrogen-bond donors (Lipinski definition) is 3. The van der Waals surface area contributed by atoms with E-state index in [2.05, 4.69) is 10.6 Å². The van der Waals surface area contributed by atoms with E-state index in [4.69, 9.17) is 5.73 Å². The van der Waals surface area contributed by atoms with Crippen molar-refractivity contribution in [3.63, 3.8) is 0 Å². The van der Waals surface area contributed by atoms with E-state index in [-0.39, 0.29) is 5.91 Å². The molecular weight excluding hydrogens is 230 g/mol. The Hall–Kier alpha value is -1.88. The first-order valence-electron chi connectivity index (χ1n) is 6.03. The SMILES string of the molecule is NCCCCC(NC=O)C(=O)Nc1ccccc1. The second-order valence-corrected chi connectivity index (χ2v) is 3.98. The number of unbranched alkanes of at least 4 members (excludes halogenated alkanes) is 1. The molecule has 1 atom stereocenters. The van der Waals surface area contributed by atoms with Crippen molar-refractivity contribution >= 4 is 18.0 Å². The standard InChI is InChI=1S/C13H19N3O2/c14-9-5-4-8-12(15-10-17)13(18)16-11-6-2-1-3-7-11/h1-3,6-7,10,12H,4-5,8-9,14H2,(H,15,17)(H,16,18). The van der Waals surface area contributed by atoms with E-state index in [0.29, 0.717) is 19.4 Å². The monoisotopic (exact) mass is 249 g/mol. The molecule has 0 aromatic heterocycles. The number of nitrogens with two attached hydrogens (primary N) is 1. The second-order valence-electron chi connectivity index (χ2n) is 3.98. The first kappa shape index (κ1) is 14.2. The number of carbonyl (C=O) groups is 2. The Labute approximate surface area is 107 Å². The fraction of sp³-hybridized carbons (Fsp3) is 0.385. The Balaban J connectivity index is 2.51. The molecular formula is C13H19N3O2. The van der Waals surface area contributed by atoms with Gasteiger partial charge in [0.05, 0.1) is 0 Å². The number of carbonyl (C=O) groups excluding carboxylic acids is 2. The predicted octanol–water partition coefficient (Wildman–Crippen LogP) is 0.869. The Morgan fingerprint density at radius 2 is 2.00 bits per heavy atom. The number of amides is 2. The zero-order valence-corrected chi connectivity index (χ0v) is 10.3. The number of benzene rings is 1. The lowest BCUT2D eigenvalue weighted by Crippen LogP contribution is -2.39. The zero-order valence-electron chi connectivity index (χ0n) is 10.3. The van der Waals surface area contributed by atoms with Crippen LogP contribution in [0.2, 0.25) is 0 Å². The molecule has 0 fully saturated rings. The molecule has 1 unspecified atom stereocenters. The van der Waals surface area contributed by atoms with Gasteiger partial charge < -0.3 is 16.4 Å². The number of rotatable bonds is 8. The Kier molecular flexibility index (Phi) is 6.50. The van der Waals surface area contributed by atoms with E-state index in [0.717, 1.165) is 18.5 Å². The summed E-state index contributed by atoms with van der Waals surface area (Å²) in [5, 5.41) is 5.29. The molecule has 98 valence electrons. The molecule has 18 heavy (non-hydrogen) atoms. The molecule has 0 heterocycles. The van der Waals surface area contributed by atoms with E-state index in [1.807, 2.05) is 18.2 Å². The highest BCUT2D eigenvalue weighted by molar-refractivity contribution is 5.95. The van der Waals surface area contributed by atoms with E-state index in [1.165, 1.54) is 0 Å². The van der Waals surface area contributed by atoms with Crippen LogP contribution in [-0.4, -0.2) is 24.9 Å². The fourth-order valence-electron chi connectivity index (χ4n) is 1.62. The van der Waals surface area contributed by atoms with Gasteiger partial charge in [-0.25, -0.2) is 0 Å². The summed E-state index contributed by atoms with van der Waals surface area (Å²) in [6.45, 7) is 0.591. The summed E-state index contributed by atoms with van der Waals surface area (Å²) in [5.41, 5.74) is 6.12. The smallest absolute Gasteiger partial charge is 0.246 e. The molecule has 0 spiro atoms. The van der Waals surface area contributed by atoms with Crippen LogP contribution in [0.4, 0.5) is 5.69 Å². The first-order chi connectivity index (χ1) is 8.77. The number of para-hydroxylation sites is 1. The van der Waals surface area contributed by atoms with Gasteiger partial charge in [0.1, 0.15) is 6.04 Å². The topological polar surface area (TPSA) is 84.2 Å². The van der Waals surface area contributed by atoms with Crippen LogP contribution < -0.4 is 16.4 Å². The largest absolute Gasteiger partial charge is 0.347 e. The van der Waals surface area contributed by atoms with Gasteiger partial charge in [-0.3, -0.25) is 9.59 Å². The quantitative estimate of drug-likeness (QED) is 0.472. The van der Waals surface area contributed by atoms with Gasteiger partial charge >= 0.3 is 0 Å². The van der Waals surface area contributed by atoms with Gasteiger partial charge in [-0.05, 0) is 37.9 Å². The summed E-state index contributed by atoms with van der Waals surface area (Å²) >= 11 is 0. The molecule has 2 amide bonds. The van der Waals surface area contributed by atoms with Crippen LogP contribution in [0.5, 0.6) is 0 Å². The average molecular weight is 249 g/mol. The van der Waals surface area contributed by atoms with E-state index >= 15 is 0 Å². The van der Waals surface area contributed by atoms with Crippen molar-refractivity contribution < 1.29 is 9.59 Å². The Morgan fingerprint density at radius 3 is 2.61 bits per heavy atom. The highest BCUT2D eigenvalue weighted by Gasteiger charge is 2.16. The maximum absolute atomic E-state index is 11.9. The van der Waals surface area contributed by atoms with Crippen molar-refractivity contribution in [2.45, 2.75) is 25.3 Å². The Bertz CT molecular complexity index is 368. The number of anilines is 1. The Morgan fingerprint density at radius 1 is 1.28 bits per heavy atom. The molecule has 4 N–H and O–H groups in total. The van der Waals surface area contributed by atoms with Crippen LogP contribution in [0, 0.1) is 0 Å². The normalized spacial score (nSPS) is 11.6. The van der Waals surface area contributed by atoms with Gasteiger partial charge in [0.2, 0.25) is 12.3 Å². The molecule has 1 aromatic carbocycles. The maximum atomic E-state index is 11.9. The lowest BCUT2D eigenvalue weighted by Gasteiger charge is -2.15. The van der Waals surface area contributed by atoms with Crippen molar-refractivity contribution in [1.82, 2.24) is 5.32 Å². The van der Waals surface area contributed by atoms with Gasteiger partial charge in [-0.1, -0.05) is 18.2 Å². The molecule has 0 aliphatic rings. The summed E-state index contributed by atoms with van der Waals surface area (Å²) in [5.74, 6) is -0.203. The van der Waals surface area contributed by atoms with E-state index < -0.39 is 6.04 Å². The highest BCUT2D eigenvalue weighted by atomic mass is 16.2. The van der Waals surface area contributed by atoms with Crippen LogP contribution in [0.25, 0.3) is 0 Å². The van der Waals surface area contributed by atoms with E-state index in [9.17, 15) is 9.59 Å². The average Bonchev–Trinajstić information content (AvgIpc) is 2.39. The van der Waals surface area contributed by atoms with Crippen molar-refractivity contribution in [2.24, 2.45) is 5.73 Å². The van der Waals surface area contributed by atoms with Crippen LogP contribution in [-0.2, 0) is 9.59 Å². The van der Waals surface area contributed by atoms with Gasteiger partial charge in [0.15, 0.2) is 0 Å². The summed E-state index contributed by atoms with van der Waals surface area (Å²) in [4.78, 5) is 22.4. The van der Waals surface area contributed by atoms with Crippen LogP contribution in [0.15, 0.2) is 30.3 Å². The molecule has 0 radical (unpaired) electrons. The molecule has 1 aromatic rings. The van der Waals surface area contributed by atoms with Gasteiger partial charge in [0, 0.05) is 5.69 Å². The van der Waals surface area contributed by atoms with Crippen molar-refractivity contribution in [3.05, 3.63) is 30.3 Å². The molecule has 5 nitrogen and oxygen atoms in total. The minimum absolute atomic E-state index is 0.203. The number of hydrogen-bond acceptors (Lipinski definition) is 3. The third-order valence-electron chi connectivity index (χ3n) is 2.57. The first-order valence-corrected chi connectivity index (χ1v) is 6.03. The van der Waals surface area contributed by atoms with Gasteiger partial charge in [-0.2, -0.15) is 0 Å². The second kappa shape index (κ2) is 8.25. The summed E-state index contributed by atoms with van der Waals surface area (Å²) in [7, 11) is 0. The van der Waals surface area contributed by atoms with Crippen LogP contribution >= 0.6 is 0 Å². The van der Waals surface area contributed by atoms with Crippen molar-refractivity contribution in [2.75, 3.05) is 11.9 Å². The van der Waals surface area contributed by atoms with Crippen molar-refractivity contribution in [1.29, 1.82) is 0 Å². The van der Waals surface area contributed by atoms with Gasteiger partial charge in [-0.15, -0.1) is 0 Å². The molecule has 5 heteroatoms. The highest BCUT2D eigenvalue weighted by Crippen LogP contribution is 2.08. The van der Waals surface area contributed by atoms with Crippen molar-refractivity contribution in [3.8, 4) is 0 Å². The third-order valence-corrected chi connectivity index (χ3v) is 2.57.